The molecule has 3 rings (SSSR count). The lowest BCUT2D eigenvalue weighted by Gasteiger charge is -2.08. The fraction of sp³-hybridized carbons (Fsp3) is 0. The normalized spacial score (nSPS) is 10.6. The summed E-state index contributed by atoms with van der Waals surface area (Å²) in [4.78, 5) is 26.5. The first-order valence-corrected chi connectivity index (χ1v) is 6.43. The Morgan fingerprint density at radius 1 is 1.05 bits per heavy atom. The number of para-hydroxylation sites is 1. The number of halogens is 2. The van der Waals surface area contributed by atoms with Gasteiger partial charge in [0.2, 0.25) is 5.56 Å². The molecule has 0 spiro atoms. The summed E-state index contributed by atoms with van der Waals surface area (Å²) < 4.78 is 26.5. The number of benzene rings is 2. The number of aromatic nitrogens is 1. The first-order chi connectivity index (χ1) is 10.5. The van der Waals surface area contributed by atoms with Crippen molar-refractivity contribution in [1.29, 1.82) is 0 Å². The number of fused-ring (bicyclic) bond motifs is 1. The molecule has 0 aliphatic rings. The Kier molecular flexibility index (Phi) is 3.42. The molecule has 0 saturated heterocycles. The molecule has 1 amide bonds. The Balaban J connectivity index is 2.04. The second-order valence-corrected chi connectivity index (χ2v) is 4.67. The van der Waals surface area contributed by atoms with Crippen LogP contribution in [0.4, 0.5) is 14.5 Å². The van der Waals surface area contributed by atoms with Crippen LogP contribution in [-0.2, 0) is 0 Å². The van der Waals surface area contributed by atoms with Gasteiger partial charge in [0, 0.05) is 23.0 Å². The highest BCUT2D eigenvalue weighted by Gasteiger charge is 2.14. The van der Waals surface area contributed by atoms with Crippen LogP contribution >= 0.6 is 0 Å². The smallest absolute Gasteiger partial charge is 0.256 e. The summed E-state index contributed by atoms with van der Waals surface area (Å²) in [5.74, 6) is -2.27. The van der Waals surface area contributed by atoms with Gasteiger partial charge in [-0.3, -0.25) is 9.59 Å². The number of hydrogen-bond acceptors (Lipinski definition) is 2. The van der Waals surface area contributed by atoms with E-state index in [0.717, 1.165) is 18.2 Å². The van der Waals surface area contributed by atoms with Crippen molar-refractivity contribution in [3.8, 4) is 0 Å². The molecule has 0 aliphatic heterocycles. The third kappa shape index (κ3) is 2.58. The Labute approximate surface area is 123 Å². The molecule has 3 aromatic rings. The van der Waals surface area contributed by atoms with E-state index >= 15 is 0 Å². The van der Waals surface area contributed by atoms with Gasteiger partial charge >= 0.3 is 0 Å². The number of anilines is 1. The van der Waals surface area contributed by atoms with Gasteiger partial charge in [0.15, 0.2) is 0 Å². The standard InChI is InChI=1S/C16H10F2N2O2/c17-9-5-6-14(12(18)7-9)20-16(22)11-8-15(21)19-13-4-2-1-3-10(11)13/h1-8H,(H,19,21)(H,20,22). The van der Waals surface area contributed by atoms with Crippen LogP contribution < -0.4 is 10.9 Å². The summed E-state index contributed by atoms with van der Waals surface area (Å²) in [5.41, 5.74) is 0.0157. The monoisotopic (exact) mass is 300 g/mol. The van der Waals surface area contributed by atoms with E-state index in [1.165, 1.54) is 0 Å². The molecule has 0 aliphatic carbocycles. The average Bonchev–Trinajstić information content (AvgIpc) is 2.49. The Morgan fingerprint density at radius 2 is 1.82 bits per heavy atom. The van der Waals surface area contributed by atoms with Gasteiger partial charge in [-0.25, -0.2) is 8.78 Å². The van der Waals surface area contributed by atoms with Crippen molar-refractivity contribution in [2.24, 2.45) is 0 Å². The number of carbonyl (C=O) groups is 1. The second kappa shape index (κ2) is 5.40. The lowest BCUT2D eigenvalue weighted by atomic mass is 10.1. The number of amides is 1. The zero-order chi connectivity index (χ0) is 15.7. The van der Waals surface area contributed by atoms with Gasteiger partial charge in [-0.15, -0.1) is 0 Å². The van der Waals surface area contributed by atoms with Crippen molar-refractivity contribution in [1.82, 2.24) is 4.98 Å². The van der Waals surface area contributed by atoms with Crippen LogP contribution in [0.2, 0.25) is 0 Å². The minimum absolute atomic E-state index is 0.114. The average molecular weight is 300 g/mol. The topological polar surface area (TPSA) is 62.0 Å². The zero-order valence-corrected chi connectivity index (χ0v) is 11.2. The molecule has 6 heteroatoms. The summed E-state index contributed by atoms with van der Waals surface area (Å²) in [5, 5.41) is 2.87. The molecular weight excluding hydrogens is 290 g/mol. The first-order valence-electron chi connectivity index (χ1n) is 6.43. The minimum atomic E-state index is -0.887. The van der Waals surface area contributed by atoms with Crippen LogP contribution in [0.1, 0.15) is 10.4 Å². The number of H-pyrrole nitrogens is 1. The molecule has 22 heavy (non-hydrogen) atoms. The number of pyridine rings is 1. The number of hydrogen-bond donors (Lipinski definition) is 2. The summed E-state index contributed by atoms with van der Waals surface area (Å²) in [6, 6.07) is 10.7. The van der Waals surface area contributed by atoms with Crippen molar-refractivity contribution < 1.29 is 13.6 Å². The molecule has 0 bridgehead atoms. The summed E-state index contributed by atoms with van der Waals surface area (Å²) in [7, 11) is 0. The van der Waals surface area contributed by atoms with Gasteiger partial charge < -0.3 is 10.3 Å². The van der Waals surface area contributed by atoms with E-state index in [2.05, 4.69) is 10.3 Å². The first kappa shape index (κ1) is 13.9. The maximum absolute atomic E-state index is 13.6. The van der Waals surface area contributed by atoms with Crippen molar-refractivity contribution in [2.75, 3.05) is 5.32 Å². The van der Waals surface area contributed by atoms with Gasteiger partial charge in [0.25, 0.3) is 5.91 Å². The summed E-state index contributed by atoms with van der Waals surface area (Å²) in [6.07, 6.45) is 0. The van der Waals surface area contributed by atoms with E-state index in [9.17, 15) is 18.4 Å². The summed E-state index contributed by atoms with van der Waals surface area (Å²) >= 11 is 0. The van der Waals surface area contributed by atoms with Crippen molar-refractivity contribution in [3.63, 3.8) is 0 Å². The van der Waals surface area contributed by atoms with Crippen molar-refractivity contribution in [3.05, 3.63) is 76.1 Å². The molecule has 0 unspecified atom stereocenters. The highest BCUT2D eigenvalue weighted by atomic mass is 19.1. The molecule has 0 saturated carbocycles. The molecule has 1 aromatic heterocycles. The predicted octanol–water partition coefficient (Wildman–Crippen LogP) is 3.06. The minimum Gasteiger partial charge on any atom is -0.322 e. The van der Waals surface area contributed by atoms with E-state index in [1.807, 2.05) is 0 Å². The van der Waals surface area contributed by atoms with E-state index in [0.29, 0.717) is 17.0 Å². The third-order valence-electron chi connectivity index (χ3n) is 3.17. The molecule has 4 nitrogen and oxygen atoms in total. The predicted molar refractivity (Wildman–Crippen MR) is 78.9 cm³/mol. The van der Waals surface area contributed by atoms with E-state index in [-0.39, 0.29) is 11.3 Å². The Hall–Kier alpha value is -3.02. The number of rotatable bonds is 2. The van der Waals surface area contributed by atoms with Crippen molar-refractivity contribution in [2.45, 2.75) is 0 Å². The molecule has 2 N–H and O–H groups in total. The van der Waals surface area contributed by atoms with Gasteiger partial charge in [-0.2, -0.15) is 0 Å². The van der Waals surface area contributed by atoms with Crippen LogP contribution in [0.5, 0.6) is 0 Å². The molecule has 0 radical (unpaired) electrons. The number of nitrogens with one attached hydrogen (secondary N) is 2. The summed E-state index contributed by atoms with van der Waals surface area (Å²) in [6.45, 7) is 0. The van der Waals surface area contributed by atoms with Gasteiger partial charge in [-0.1, -0.05) is 18.2 Å². The SMILES string of the molecule is O=C(Nc1ccc(F)cc1F)c1cc(=O)[nH]c2ccccc12. The van der Waals surface area contributed by atoms with Gasteiger partial charge in [0.1, 0.15) is 11.6 Å². The maximum Gasteiger partial charge on any atom is 0.256 e. The fourth-order valence-corrected chi connectivity index (χ4v) is 2.17. The number of aromatic amines is 1. The molecule has 1 heterocycles. The van der Waals surface area contributed by atoms with Crippen LogP contribution in [0.15, 0.2) is 53.3 Å². The van der Waals surface area contributed by atoms with E-state index < -0.39 is 23.1 Å². The number of carbonyl (C=O) groups excluding carboxylic acids is 1. The van der Waals surface area contributed by atoms with Gasteiger partial charge in [0.05, 0.1) is 11.3 Å². The second-order valence-electron chi connectivity index (χ2n) is 4.67. The van der Waals surface area contributed by atoms with E-state index in [1.54, 1.807) is 24.3 Å². The van der Waals surface area contributed by atoms with Crippen LogP contribution in [-0.4, -0.2) is 10.9 Å². The fourth-order valence-electron chi connectivity index (χ4n) is 2.17. The molecule has 0 atom stereocenters. The maximum atomic E-state index is 13.6. The van der Waals surface area contributed by atoms with Crippen LogP contribution in [0.25, 0.3) is 10.9 Å². The highest BCUT2D eigenvalue weighted by molar-refractivity contribution is 6.12. The van der Waals surface area contributed by atoms with Gasteiger partial charge in [-0.05, 0) is 18.2 Å². The van der Waals surface area contributed by atoms with E-state index in [4.69, 9.17) is 0 Å². The van der Waals surface area contributed by atoms with Crippen molar-refractivity contribution >= 4 is 22.5 Å². The molecule has 110 valence electrons. The Morgan fingerprint density at radius 3 is 2.59 bits per heavy atom. The lowest BCUT2D eigenvalue weighted by molar-refractivity contribution is 0.102. The lowest BCUT2D eigenvalue weighted by Crippen LogP contribution is -2.17. The van der Waals surface area contributed by atoms with Crippen LogP contribution in [0, 0.1) is 11.6 Å². The largest absolute Gasteiger partial charge is 0.322 e. The zero-order valence-electron chi connectivity index (χ0n) is 11.2. The Bertz CT molecular complexity index is 935. The van der Waals surface area contributed by atoms with Crippen LogP contribution in [0.3, 0.4) is 0 Å². The third-order valence-corrected chi connectivity index (χ3v) is 3.17. The molecular formula is C16H10F2N2O2. The molecule has 0 fully saturated rings. The highest BCUT2D eigenvalue weighted by Crippen LogP contribution is 2.19. The molecule has 2 aromatic carbocycles. The quantitative estimate of drug-likeness (QED) is 0.764.